The monoisotopic (exact) mass is 2110 g/mol. The van der Waals surface area contributed by atoms with Crippen LogP contribution >= 0.6 is 174 Å². The van der Waals surface area contributed by atoms with Crippen LogP contribution in [0.5, 0.6) is 0 Å². The molecule has 15 rings (SSSR count). The Balaban J connectivity index is 0.000000171. The van der Waals surface area contributed by atoms with Crippen molar-refractivity contribution in [2.24, 2.45) is 0 Å². The highest BCUT2D eigenvalue weighted by molar-refractivity contribution is 6.56. The average Bonchev–Trinajstić information content (AvgIpc) is 0.728. The number of aromatic nitrogens is 9. The Labute approximate surface area is 849 Å². The van der Waals surface area contributed by atoms with Crippen LogP contribution in [0.2, 0.25) is 75.3 Å². The van der Waals surface area contributed by atoms with E-state index in [0.29, 0.717) is 146 Å². The zero-order valence-corrected chi connectivity index (χ0v) is 84.5. The van der Waals surface area contributed by atoms with Crippen LogP contribution in [0.4, 0.5) is 34.1 Å². The number of nitriles is 3. The normalized spacial score (nSPS) is 13.4. The van der Waals surface area contributed by atoms with Crippen molar-refractivity contribution in [3.8, 4) is 69.0 Å². The molecular formula is C93H78Cl15N21O6. The van der Waals surface area contributed by atoms with Crippen molar-refractivity contribution >= 4 is 259 Å². The van der Waals surface area contributed by atoms with Crippen molar-refractivity contribution in [1.29, 1.82) is 15.8 Å². The summed E-state index contributed by atoms with van der Waals surface area (Å²) in [5.74, 6) is -0.873. The third kappa shape index (κ3) is 18.5. The summed E-state index contributed by atoms with van der Waals surface area (Å²) >= 11 is 98.6. The molecule has 3 aliphatic rings. The van der Waals surface area contributed by atoms with Crippen LogP contribution < -0.4 is 48.6 Å². The molecule has 135 heavy (non-hydrogen) atoms. The first-order valence-corrected chi connectivity index (χ1v) is 47.0. The largest absolute Gasteiger partial charge is 0.396 e. The molecule has 3 aromatic carbocycles. The molecule has 696 valence electrons. The second-order valence-electron chi connectivity index (χ2n) is 32.2. The summed E-state index contributed by atoms with van der Waals surface area (Å²) in [6.45, 7) is 32.2. The maximum atomic E-state index is 14.5. The highest BCUT2D eigenvalue weighted by Gasteiger charge is 2.38. The first-order chi connectivity index (χ1) is 64.0. The van der Waals surface area contributed by atoms with Gasteiger partial charge >= 0.3 is 0 Å². The number of anilines is 6. The van der Waals surface area contributed by atoms with E-state index in [9.17, 15) is 44.6 Å². The third-order valence-electron chi connectivity index (χ3n) is 23.2. The van der Waals surface area contributed by atoms with Crippen LogP contribution in [0.25, 0.3) is 83.9 Å². The van der Waals surface area contributed by atoms with E-state index in [1.54, 1.807) is 69.7 Å². The maximum Gasteiger partial charge on any atom is 0.276 e. The quantitative estimate of drug-likeness (QED) is 0.0371. The van der Waals surface area contributed by atoms with Crippen LogP contribution in [0.1, 0.15) is 110 Å². The number of carbonyl (C=O) groups excluding carboxylic acids is 3. The van der Waals surface area contributed by atoms with Gasteiger partial charge in [0, 0.05) is 130 Å². The number of piperazine rings is 3. The van der Waals surface area contributed by atoms with Crippen LogP contribution in [-0.2, 0) is 14.4 Å². The summed E-state index contributed by atoms with van der Waals surface area (Å²) in [5, 5.41) is 32.6. The number of nitrogen functional groups attached to an aromatic ring is 3. The highest BCUT2D eigenvalue weighted by atomic mass is 35.5. The topological polar surface area (TPSA) is 363 Å². The van der Waals surface area contributed by atoms with Crippen molar-refractivity contribution in [3.63, 3.8) is 0 Å². The number of halogens is 15. The Morgan fingerprint density at radius 1 is 0.356 bits per heavy atom. The fraction of sp³-hybridized carbons (Fsp3) is 0.258. The number of hydrogen-bond donors (Lipinski definition) is 3. The predicted octanol–water partition coefficient (Wildman–Crippen LogP) is 22.3. The van der Waals surface area contributed by atoms with Crippen LogP contribution in [0.3, 0.4) is 0 Å². The van der Waals surface area contributed by atoms with Gasteiger partial charge in [-0.15, -0.1) is 0 Å². The van der Waals surface area contributed by atoms with E-state index in [1.807, 2.05) is 77.0 Å². The first kappa shape index (κ1) is 102. The molecule has 6 N–H and O–H groups in total. The average molecular weight is 2120 g/mol. The van der Waals surface area contributed by atoms with E-state index >= 15 is 0 Å². The van der Waals surface area contributed by atoms with Gasteiger partial charge in [-0.25, -0.2) is 15.0 Å². The molecule has 0 radical (unpaired) electrons. The molecule has 12 aromatic rings. The van der Waals surface area contributed by atoms with Crippen LogP contribution in [0.15, 0.2) is 107 Å². The summed E-state index contributed by atoms with van der Waals surface area (Å²) in [7, 11) is 0. The number of benzene rings is 3. The van der Waals surface area contributed by atoms with Gasteiger partial charge in [0.2, 0.25) is 17.7 Å². The molecular weight excluding hydrogens is 2040 g/mol. The Bertz CT molecular complexity index is 6630. The lowest BCUT2D eigenvalue weighted by Gasteiger charge is -2.36. The summed E-state index contributed by atoms with van der Waals surface area (Å²) in [6, 6.07) is 16.5. The van der Waals surface area contributed by atoms with Gasteiger partial charge in [-0.3, -0.25) is 57.4 Å². The molecule has 3 fully saturated rings. The summed E-state index contributed by atoms with van der Waals surface area (Å²) in [4.78, 5) is 119. The van der Waals surface area contributed by atoms with E-state index in [4.69, 9.17) is 206 Å². The van der Waals surface area contributed by atoms with E-state index in [2.05, 4.69) is 52.9 Å². The molecule has 12 heterocycles. The van der Waals surface area contributed by atoms with Crippen molar-refractivity contribution in [1.82, 2.24) is 58.3 Å². The molecule has 42 heteroatoms. The second-order valence-corrected chi connectivity index (χ2v) is 38.0. The molecule has 3 aliphatic heterocycles. The minimum absolute atomic E-state index is 0.0178. The minimum Gasteiger partial charge on any atom is -0.396 e. The fourth-order valence-electron chi connectivity index (χ4n) is 16.5. The molecule has 0 unspecified atom stereocenters. The van der Waals surface area contributed by atoms with Gasteiger partial charge in [0.1, 0.15) is 51.8 Å². The molecule has 0 spiro atoms. The molecule has 3 amide bonds. The molecule has 0 saturated carbocycles. The molecule has 3 saturated heterocycles. The van der Waals surface area contributed by atoms with E-state index in [1.165, 1.54) is 31.9 Å². The number of carbonyl (C=O) groups is 3. The van der Waals surface area contributed by atoms with Gasteiger partial charge in [0.15, 0.2) is 0 Å². The lowest BCUT2D eigenvalue weighted by atomic mass is 10.0. The highest BCUT2D eigenvalue weighted by Crippen LogP contribution is 2.54. The molecule has 0 bridgehead atoms. The van der Waals surface area contributed by atoms with Crippen LogP contribution in [-0.4, -0.2) is 155 Å². The van der Waals surface area contributed by atoms with Gasteiger partial charge in [-0.05, 0) is 110 Å². The van der Waals surface area contributed by atoms with Gasteiger partial charge in [-0.1, -0.05) is 235 Å². The fourth-order valence-corrected chi connectivity index (χ4v) is 20.5. The van der Waals surface area contributed by atoms with Crippen LogP contribution in [0, 0.1) is 54.8 Å². The Hall–Kier alpha value is -10.6. The van der Waals surface area contributed by atoms with Crippen molar-refractivity contribution < 1.29 is 14.4 Å². The van der Waals surface area contributed by atoms with E-state index in [0.717, 1.165) is 16.7 Å². The molecule has 27 nitrogen and oxygen atoms in total. The van der Waals surface area contributed by atoms with E-state index < -0.39 is 16.7 Å². The SMILES string of the molecule is C=CC(=O)N1CCN(c2c(C#N)c(=O)n(-c3c(C)ccnc3C(C)C)c3nc(-c4c(Cl)c(N)c(Cl)c(Cl)c4Cl)c(Cl)cc23)CC1.C=CC(=O)N1CCN(c2c(C#N)c(=O)n(-c3c(C)ccnc3C(C)C)c3nc(-c4c(Cl)c(N)c(Cl)c(Cl)c4Cl)c(Cl)cc23)CC1.C=CC(=O)N1CCN(c2c(C#N)c(=O)n(-c3c(C)ccnc3C(C)C)c3nc(-c4c(Cl)c(N)c(Cl)c(Cl)c4Cl)c(Cl)cc23)CC1. The smallest absolute Gasteiger partial charge is 0.276 e. The van der Waals surface area contributed by atoms with Gasteiger partial charge in [0.05, 0.1) is 161 Å². The van der Waals surface area contributed by atoms with Gasteiger partial charge in [0.25, 0.3) is 16.7 Å². The number of hydrogen-bond acceptors (Lipinski definition) is 21. The summed E-state index contributed by atoms with van der Waals surface area (Å²) in [5.41, 5.74) is 24.1. The number of fused-ring (bicyclic) bond motifs is 3. The number of amides is 3. The summed E-state index contributed by atoms with van der Waals surface area (Å²) < 4.78 is 4.15. The number of nitrogens with zero attached hydrogens (tertiary/aromatic N) is 18. The summed E-state index contributed by atoms with van der Waals surface area (Å²) in [6.07, 6.45) is 8.77. The zero-order valence-electron chi connectivity index (χ0n) is 73.2. The second kappa shape index (κ2) is 41.4. The Morgan fingerprint density at radius 2 is 0.578 bits per heavy atom. The van der Waals surface area contributed by atoms with E-state index in [-0.39, 0.29) is 195 Å². The molecule has 0 atom stereocenters. The third-order valence-corrected chi connectivity index (χ3v) is 29.3. The standard InChI is InChI=1S/3C31H26Cl5N7O2/c3*1-5-19(44)41-8-10-42(11-9-41)29-16-12-18(32)27(20-21(33)23(35)24(36)25(38)22(20)34)40-30(16)43(31(45)17(29)13-37)28-15(4)6-7-39-26(28)14(2)3/h3*5-7,12,14H,1,8-11,38H2,2-4H3. The Kier molecular flexibility index (Phi) is 31.2. The van der Waals surface area contributed by atoms with Gasteiger partial charge < -0.3 is 46.6 Å². The zero-order chi connectivity index (χ0) is 98.7. The molecule has 0 aliphatic carbocycles. The molecule has 9 aromatic heterocycles. The lowest BCUT2D eigenvalue weighted by molar-refractivity contribution is -0.127. The number of rotatable bonds is 15. The van der Waals surface area contributed by atoms with Crippen molar-refractivity contribution in [3.05, 3.63) is 250 Å². The Morgan fingerprint density at radius 3 is 0.778 bits per heavy atom. The number of nitrogens with two attached hydrogens (primary N) is 3. The maximum absolute atomic E-state index is 14.5. The minimum atomic E-state index is -0.603. The predicted molar refractivity (Wildman–Crippen MR) is 548 cm³/mol. The lowest BCUT2D eigenvalue weighted by Crippen LogP contribution is -2.49. The number of aryl methyl sites for hydroxylation is 3. The van der Waals surface area contributed by atoms with Crippen molar-refractivity contribution in [2.75, 3.05) is 110 Å². The van der Waals surface area contributed by atoms with Crippen molar-refractivity contribution in [2.45, 2.75) is 80.1 Å². The first-order valence-electron chi connectivity index (χ1n) is 41.3. The van der Waals surface area contributed by atoms with Gasteiger partial charge in [-0.2, -0.15) is 15.8 Å². The number of pyridine rings is 9.